The number of carbonyl (C=O) groups excluding carboxylic acids is 1. The van der Waals surface area contributed by atoms with Crippen molar-refractivity contribution in [2.75, 3.05) is 11.9 Å². The lowest BCUT2D eigenvalue weighted by Gasteiger charge is -2.29. The topological polar surface area (TPSA) is 86.7 Å². The Morgan fingerprint density at radius 1 is 1.07 bits per heavy atom. The SMILES string of the molecule is O=C(Nc1ccc(F)c(Cl)c1)c1ccc(F)c(S(=O)(=O)N2CCCCCCC2O)c1. The smallest absolute Gasteiger partial charge is 0.255 e. The van der Waals surface area contributed by atoms with Crippen molar-refractivity contribution in [1.29, 1.82) is 0 Å². The number of amides is 1. The Labute approximate surface area is 178 Å². The molecule has 0 radical (unpaired) electrons. The number of anilines is 1. The number of nitrogens with one attached hydrogen (secondary N) is 1. The van der Waals surface area contributed by atoms with Crippen LogP contribution in [0.2, 0.25) is 5.02 Å². The van der Waals surface area contributed by atoms with Gasteiger partial charge in [-0.2, -0.15) is 4.31 Å². The predicted octanol–water partition coefficient (Wildman–Crippen LogP) is 4.14. The number of aliphatic hydroxyl groups is 1. The van der Waals surface area contributed by atoms with Crippen molar-refractivity contribution in [3.63, 3.8) is 0 Å². The summed E-state index contributed by atoms with van der Waals surface area (Å²) in [6, 6.07) is 6.51. The maximum absolute atomic E-state index is 14.4. The zero-order valence-corrected chi connectivity index (χ0v) is 17.5. The van der Waals surface area contributed by atoms with Gasteiger partial charge in [0.05, 0.1) is 5.02 Å². The fourth-order valence-electron chi connectivity index (χ4n) is 3.27. The zero-order valence-electron chi connectivity index (χ0n) is 15.9. The third kappa shape index (κ3) is 4.97. The average Bonchev–Trinajstić information content (AvgIpc) is 2.67. The molecule has 0 saturated carbocycles. The van der Waals surface area contributed by atoms with Crippen LogP contribution in [0.1, 0.15) is 42.5 Å². The summed E-state index contributed by atoms with van der Waals surface area (Å²) >= 11 is 5.69. The van der Waals surface area contributed by atoms with E-state index in [0.717, 1.165) is 41.4 Å². The lowest BCUT2D eigenvalue weighted by molar-refractivity contribution is 0.0465. The van der Waals surface area contributed by atoms with Crippen molar-refractivity contribution in [3.05, 3.63) is 58.6 Å². The van der Waals surface area contributed by atoms with Gasteiger partial charge in [-0.05, 0) is 55.7 Å². The van der Waals surface area contributed by atoms with E-state index in [2.05, 4.69) is 5.32 Å². The summed E-state index contributed by atoms with van der Waals surface area (Å²) in [6.07, 6.45) is 1.91. The summed E-state index contributed by atoms with van der Waals surface area (Å²) in [5, 5.41) is 12.6. The van der Waals surface area contributed by atoms with Crippen molar-refractivity contribution >= 4 is 33.2 Å². The van der Waals surface area contributed by atoms with E-state index in [9.17, 15) is 27.1 Å². The van der Waals surface area contributed by atoms with Gasteiger partial charge in [0.25, 0.3) is 5.91 Å². The Bertz CT molecular complexity index is 1050. The molecule has 30 heavy (non-hydrogen) atoms. The van der Waals surface area contributed by atoms with E-state index in [1.807, 2.05) is 0 Å². The second-order valence-corrected chi connectivity index (χ2v) is 9.29. The Balaban J connectivity index is 1.89. The highest BCUT2D eigenvalue weighted by Gasteiger charge is 2.33. The number of hydrogen-bond donors (Lipinski definition) is 2. The number of nitrogens with zero attached hydrogens (tertiary/aromatic N) is 1. The number of sulfonamides is 1. The molecule has 0 aliphatic carbocycles. The second-order valence-electron chi connectivity index (χ2n) is 7.03. The monoisotopic (exact) mass is 458 g/mol. The van der Waals surface area contributed by atoms with Crippen LogP contribution < -0.4 is 5.32 Å². The predicted molar refractivity (Wildman–Crippen MR) is 109 cm³/mol. The molecule has 2 aromatic carbocycles. The summed E-state index contributed by atoms with van der Waals surface area (Å²) in [5.41, 5.74) is 0.0799. The van der Waals surface area contributed by atoms with Gasteiger partial charge in [-0.1, -0.05) is 24.4 Å². The van der Waals surface area contributed by atoms with Gasteiger partial charge in [0.15, 0.2) is 0 Å². The van der Waals surface area contributed by atoms with Gasteiger partial charge in [-0.25, -0.2) is 17.2 Å². The van der Waals surface area contributed by atoms with Gasteiger partial charge in [-0.3, -0.25) is 4.79 Å². The first-order valence-electron chi connectivity index (χ1n) is 9.46. The number of benzene rings is 2. The molecule has 1 fully saturated rings. The van der Waals surface area contributed by atoms with Crippen molar-refractivity contribution in [3.8, 4) is 0 Å². The number of rotatable bonds is 4. The second kappa shape index (κ2) is 9.38. The summed E-state index contributed by atoms with van der Waals surface area (Å²) in [4.78, 5) is 11.8. The molecule has 10 heteroatoms. The maximum Gasteiger partial charge on any atom is 0.255 e. The molecule has 0 bridgehead atoms. The highest BCUT2D eigenvalue weighted by molar-refractivity contribution is 7.89. The first-order chi connectivity index (χ1) is 14.2. The number of aliphatic hydroxyl groups excluding tert-OH is 1. The van der Waals surface area contributed by atoms with Gasteiger partial charge in [-0.15, -0.1) is 0 Å². The molecule has 1 atom stereocenters. The average molecular weight is 459 g/mol. The molecule has 162 valence electrons. The highest BCUT2D eigenvalue weighted by Crippen LogP contribution is 2.26. The standard InChI is InChI=1S/C20H21ClF2N2O4S/c21-15-12-14(7-9-16(15)22)24-20(27)13-6-8-17(23)18(11-13)30(28,29)25-10-4-2-1-3-5-19(25)26/h6-9,11-12,19,26H,1-5,10H2,(H,24,27). The molecule has 2 aromatic rings. The lowest BCUT2D eigenvalue weighted by Crippen LogP contribution is -2.42. The van der Waals surface area contributed by atoms with Crippen molar-refractivity contribution < 1.29 is 27.1 Å². The third-order valence-electron chi connectivity index (χ3n) is 4.88. The summed E-state index contributed by atoms with van der Waals surface area (Å²) in [7, 11) is -4.37. The number of hydrogen-bond acceptors (Lipinski definition) is 4. The minimum absolute atomic E-state index is 0.0629. The van der Waals surface area contributed by atoms with Gasteiger partial charge in [0.2, 0.25) is 10.0 Å². The molecule has 3 rings (SSSR count). The molecule has 2 N–H and O–H groups in total. The Kier molecular flexibility index (Phi) is 7.07. The van der Waals surface area contributed by atoms with E-state index in [4.69, 9.17) is 11.6 Å². The molecule has 1 aliphatic heterocycles. The first-order valence-corrected chi connectivity index (χ1v) is 11.3. The fraction of sp³-hybridized carbons (Fsp3) is 0.350. The van der Waals surface area contributed by atoms with Crippen LogP contribution in [0.15, 0.2) is 41.3 Å². The van der Waals surface area contributed by atoms with Crippen LogP contribution in [0.25, 0.3) is 0 Å². The summed E-state index contributed by atoms with van der Waals surface area (Å²) in [5.74, 6) is -2.40. The molecule has 6 nitrogen and oxygen atoms in total. The van der Waals surface area contributed by atoms with Crippen molar-refractivity contribution in [2.24, 2.45) is 0 Å². The molecule has 0 spiro atoms. The molecule has 1 aliphatic rings. The highest BCUT2D eigenvalue weighted by atomic mass is 35.5. The van der Waals surface area contributed by atoms with Crippen LogP contribution in [0.5, 0.6) is 0 Å². The number of carbonyl (C=O) groups is 1. The normalized spacial score (nSPS) is 18.5. The molecular weight excluding hydrogens is 438 g/mol. The molecule has 1 heterocycles. The fourth-order valence-corrected chi connectivity index (χ4v) is 5.09. The van der Waals surface area contributed by atoms with Crippen LogP contribution in [-0.2, 0) is 10.0 Å². The van der Waals surface area contributed by atoms with Gasteiger partial charge < -0.3 is 10.4 Å². The van der Waals surface area contributed by atoms with Crippen molar-refractivity contribution in [2.45, 2.75) is 43.2 Å². The van der Waals surface area contributed by atoms with Crippen molar-refractivity contribution in [1.82, 2.24) is 4.31 Å². The van der Waals surface area contributed by atoms with E-state index in [-0.39, 0.29) is 29.2 Å². The van der Waals surface area contributed by atoms with Gasteiger partial charge >= 0.3 is 0 Å². The largest absolute Gasteiger partial charge is 0.377 e. The van der Waals surface area contributed by atoms with Gasteiger partial charge in [0, 0.05) is 17.8 Å². The zero-order chi connectivity index (χ0) is 21.9. The Hall–Kier alpha value is -2.07. The first kappa shape index (κ1) is 22.6. The number of halogens is 3. The van der Waals surface area contributed by atoms with E-state index >= 15 is 0 Å². The maximum atomic E-state index is 14.4. The molecule has 1 amide bonds. The van der Waals surface area contributed by atoms with Crippen LogP contribution in [0, 0.1) is 11.6 Å². The molecular formula is C20H21ClF2N2O4S. The Morgan fingerprint density at radius 3 is 2.50 bits per heavy atom. The van der Waals surface area contributed by atoms with Crippen LogP contribution in [-0.4, -0.2) is 36.5 Å². The quantitative estimate of drug-likeness (QED) is 0.720. The minimum Gasteiger partial charge on any atom is -0.377 e. The Morgan fingerprint density at radius 2 is 1.77 bits per heavy atom. The van der Waals surface area contributed by atoms with E-state index < -0.39 is 38.7 Å². The van der Waals surface area contributed by atoms with E-state index in [0.29, 0.717) is 12.8 Å². The minimum atomic E-state index is -4.37. The van der Waals surface area contributed by atoms with E-state index in [1.54, 1.807) is 0 Å². The lowest BCUT2D eigenvalue weighted by atomic mass is 10.1. The van der Waals surface area contributed by atoms with E-state index in [1.165, 1.54) is 12.1 Å². The summed E-state index contributed by atoms with van der Waals surface area (Å²) < 4.78 is 54.7. The molecule has 1 unspecified atom stereocenters. The van der Waals surface area contributed by atoms with Gasteiger partial charge in [0.1, 0.15) is 22.8 Å². The van der Waals surface area contributed by atoms with Crippen LogP contribution in [0.4, 0.5) is 14.5 Å². The third-order valence-corrected chi connectivity index (χ3v) is 7.08. The van der Waals surface area contributed by atoms with Crippen LogP contribution in [0.3, 0.4) is 0 Å². The summed E-state index contributed by atoms with van der Waals surface area (Å²) in [6.45, 7) is 0.0629. The van der Waals surface area contributed by atoms with Crippen LogP contribution >= 0.6 is 11.6 Å². The molecule has 0 aromatic heterocycles. The molecule has 1 saturated heterocycles.